The van der Waals surface area contributed by atoms with E-state index in [-0.39, 0.29) is 50.2 Å². The zero-order chi connectivity index (χ0) is 18.5. The Morgan fingerprint density at radius 3 is 1.21 bits per heavy atom. The van der Waals surface area contributed by atoms with Gasteiger partial charge in [0.15, 0.2) is 0 Å². The third-order valence-corrected chi connectivity index (χ3v) is 3.32. The Balaban J connectivity index is 3.79. The monoisotopic (exact) mass is 346 g/mol. The van der Waals surface area contributed by atoms with Gasteiger partial charge >= 0.3 is 23.9 Å². The molecular formula is C16H26O8. The van der Waals surface area contributed by atoms with Crippen LogP contribution in [0, 0.1) is 11.8 Å². The summed E-state index contributed by atoms with van der Waals surface area (Å²) in [6.07, 6.45) is 1.29. The third-order valence-electron chi connectivity index (χ3n) is 3.32. The van der Waals surface area contributed by atoms with Gasteiger partial charge < -0.3 is 18.9 Å². The van der Waals surface area contributed by atoms with E-state index < -0.39 is 11.9 Å². The average Bonchev–Trinajstić information content (AvgIpc) is 2.59. The van der Waals surface area contributed by atoms with Gasteiger partial charge in [-0.25, -0.2) is 9.59 Å². The minimum atomic E-state index is -1.19. The number of hydrogen-bond donors (Lipinski definition) is 0. The number of esters is 4. The lowest BCUT2D eigenvalue weighted by Gasteiger charge is -2.10. The summed E-state index contributed by atoms with van der Waals surface area (Å²) < 4.78 is 18.9. The van der Waals surface area contributed by atoms with Crippen molar-refractivity contribution in [1.29, 1.82) is 0 Å². The lowest BCUT2D eigenvalue weighted by atomic mass is 10.1. The lowest BCUT2D eigenvalue weighted by molar-refractivity contribution is -0.171. The Kier molecular flexibility index (Phi) is 11.2. The first-order valence-electron chi connectivity index (χ1n) is 8.00. The molecule has 0 fully saturated rings. The molecule has 0 spiro atoms. The van der Waals surface area contributed by atoms with Crippen molar-refractivity contribution in [3.63, 3.8) is 0 Å². The van der Waals surface area contributed by atoms with Crippen LogP contribution >= 0.6 is 0 Å². The summed E-state index contributed by atoms with van der Waals surface area (Å²) in [7, 11) is 0. The predicted molar refractivity (Wildman–Crippen MR) is 82.7 cm³/mol. The van der Waals surface area contributed by atoms with Crippen LogP contribution in [0.15, 0.2) is 0 Å². The molecule has 0 amide bonds. The first-order chi connectivity index (χ1) is 11.3. The molecule has 0 radical (unpaired) electrons. The quantitative estimate of drug-likeness (QED) is 0.252. The van der Waals surface area contributed by atoms with Crippen LogP contribution in [0.3, 0.4) is 0 Å². The largest absolute Gasteiger partial charge is 0.462 e. The van der Waals surface area contributed by atoms with E-state index in [0.717, 1.165) is 0 Å². The molecule has 0 aromatic carbocycles. The Bertz CT molecular complexity index is 392. The van der Waals surface area contributed by atoms with Crippen LogP contribution in [0.5, 0.6) is 0 Å². The first-order valence-corrected chi connectivity index (χ1v) is 8.00. The van der Waals surface area contributed by atoms with E-state index in [4.69, 9.17) is 9.47 Å². The van der Waals surface area contributed by atoms with E-state index in [1.165, 1.54) is 0 Å². The summed E-state index contributed by atoms with van der Waals surface area (Å²) in [6, 6.07) is 0. The van der Waals surface area contributed by atoms with Gasteiger partial charge in [0.1, 0.15) is 26.4 Å². The molecule has 0 N–H and O–H groups in total. The summed E-state index contributed by atoms with van der Waals surface area (Å²) in [5, 5.41) is 0. The fourth-order valence-corrected chi connectivity index (χ4v) is 1.29. The Labute approximate surface area is 141 Å². The van der Waals surface area contributed by atoms with Crippen molar-refractivity contribution in [3.8, 4) is 0 Å². The molecule has 138 valence electrons. The Hall–Kier alpha value is -2.12. The molecule has 0 aliphatic carbocycles. The molecular weight excluding hydrogens is 320 g/mol. The zero-order valence-corrected chi connectivity index (χ0v) is 14.7. The second-order valence-electron chi connectivity index (χ2n) is 5.23. The molecule has 0 aromatic rings. The van der Waals surface area contributed by atoms with Crippen molar-refractivity contribution in [1.82, 2.24) is 0 Å². The van der Waals surface area contributed by atoms with E-state index in [9.17, 15) is 19.2 Å². The maximum Gasteiger partial charge on any atom is 0.417 e. The van der Waals surface area contributed by atoms with Crippen molar-refractivity contribution >= 4 is 23.9 Å². The van der Waals surface area contributed by atoms with E-state index >= 15 is 0 Å². The number of ether oxygens (including phenoxy) is 4. The number of hydrogen-bond acceptors (Lipinski definition) is 8. The van der Waals surface area contributed by atoms with Gasteiger partial charge in [-0.2, -0.15) is 0 Å². The van der Waals surface area contributed by atoms with Crippen molar-refractivity contribution < 1.29 is 38.1 Å². The van der Waals surface area contributed by atoms with Crippen molar-refractivity contribution in [3.05, 3.63) is 0 Å². The van der Waals surface area contributed by atoms with Gasteiger partial charge in [-0.15, -0.1) is 0 Å². The van der Waals surface area contributed by atoms with Crippen LogP contribution in [0.4, 0.5) is 0 Å². The molecule has 8 nitrogen and oxygen atoms in total. The smallest absolute Gasteiger partial charge is 0.417 e. The summed E-state index contributed by atoms with van der Waals surface area (Å²) >= 11 is 0. The van der Waals surface area contributed by atoms with Crippen molar-refractivity contribution in [2.75, 3.05) is 26.4 Å². The SMILES string of the molecule is CC[C@H](C)C(=O)OCCOC(=O)C(=O)OCCOC(=O)[C@@H](C)CC. The standard InChI is InChI=1S/C16H26O8/c1-5-11(3)13(17)21-7-9-23-15(19)16(20)24-10-8-22-14(18)12(4)6-2/h11-12H,5-10H2,1-4H3/t11-,12-/m0/s1. The molecule has 0 rings (SSSR count). The highest BCUT2D eigenvalue weighted by molar-refractivity contribution is 6.29. The molecule has 24 heavy (non-hydrogen) atoms. The lowest BCUT2D eigenvalue weighted by Crippen LogP contribution is -2.25. The fraction of sp³-hybridized carbons (Fsp3) is 0.750. The molecule has 0 aliphatic heterocycles. The summed E-state index contributed by atoms with van der Waals surface area (Å²) in [6.45, 7) is 6.41. The second-order valence-corrected chi connectivity index (χ2v) is 5.23. The summed E-state index contributed by atoms with van der Waals surface area (Å²) in [5.41, 5.74) is 0. The summed E-state index contributed by atoms with van der Waals surface area (Å²) in [5.74, 6) is -3.63. The van der Waals surface area contributed by atoms with Gasteiger partial charge in [0, 0.05) is 0 Å². The first kappa shape index (κ1) is 21.9. The number of rotatable bonds is 10. The third kappa shape index (κ3) is 9.12. The predicted octanol–water partition coefficient (Wildman–Crippen LogP) is 1.25. The van der Waals surface area contributed by atoms with Gasteiger partial charge in [-0.1, -0.05) is 27.7 Å². The molecule has 0 bridgehead atoms. The molecule has 0 saturated carbocycles. The van der Waals surface area contributed by atoms with E-state index in [0.29, 0.717) is 12.8 Å². The maximum absolute atomic E-state index is 11.4. The van der Waals surface area contributed by atoms with E-state index in [1.54, 1.807) is 13.8 Å². The van der Waals surface area contributed by atoms with Crippen LogP contribution in [-0.2, 0) is 38.1 Å². The zero-order valence-electron chi connectivity index (χ0n) is 14.7. The van der Waals surface area contributed by atoms with Crippen LogP contribution in [0.25, 0.3) is 0 Å². The fourth-order valence-electron chi connectivity index (χ4n) is 1.29. The van der Waals surface area contributed by atoms with Gasteiger partial charge in [-0.05, 0) is 12.8 Å². The Morgan fingerprint density at radius 2 is 0.917 bits per heavy atom. The Morgan fingerprint density at radius 1 is 0.625 bits per heavy atom. The molecule has 0 unspecified atom stereocenters. The van der Waals surface area contributed by atoms with E-state index in [1.807, 2.05) is 13.8 Å². The van der Waals surface area contributed by atoms with Crippen molar-refractivity contribution in [2.45, 2.75) is 40.5 Å². The number of carbonyl (C=O) groups excluding carboxylic acids is 4. The van der Waals surface area contributed by atoms with Crippen LogP contribution in [0.2, 0.25) is 0 Å². The second kappa shape index (κ2) is 12.3. The minimum Gasteiger partial charge on any atom is -0.462 e. The van der Waals surface area contributed by atoms with Crippen LogP contribution < -0.4 is 0 Å². The highest BCUT2D eigenvalue weighted by Gasteiger charge is 2.18. The maximum atomic E-state index is 11.4. The van der Waals surface area contributed by atoms with Gasteiger partial charge in [-0.3, -0.25) is 9.59 Å². The normalized spacial score (nSPS) is 12.7. The van der Waals surface area contributed by atoms with Gasteiger partial charge in [0.2, 0.25) is 0 Å². The minimum absolute atomic E-state index is 0.130. The van der Waals surface area contributed by atoms with Crippen LogP contribution in [0.1, 0.15) is 40.5 Å². The number of carbonyl (C=O) groups is 4. The highest BCUT2D eigenvalue weighted by Crippen LogP contribution is 2.03. The molecule has 8 heteroatoms. The van der Waals surface area contributed by atoms with Gasteiger partial charge in [0.25, 0.3) is 0 Å². The van der Waals surface area contributed by atoms with Gasteiger partial charge in [0.05, 0.1) is 11.8 Å². The average molecular weight is 346 g/mol. The topological polar surface area (TPSA) is 105 Å². The van der Waals surface area contributed by atoms with Crippen LogP contribution in [-0.4, -0.2) is 50.3 Å². The van der Waals surface area contributed by atoms with Crippen molar-refractivity contribution in [2.24, 2.45) is 11.8 Å². The molecule has 0 saturated heterocycles. The molecule has 2 atom stereocenters. The van der Waals surface area contributed by atoms with E-state index in [2.05, 4.69) is 9.47 Å². The molecule has 0 aromatic heterocycles. The molecule has 0 heterocycles. The highest BCUT2D eigenvalue weighted by atomic mass is 16.6. The molecule has 0 aliphatic rings. The summed E-state index contributed by atoms with van der Waals surface area (Å²) in [4.78, 5) is 45.3.